The van der Waals surface area contributed by atoms with E-state index in [2.05, 4.69) is 364 Å². The van der Waals surface area contributed by atoms with E-state index in [-0.39, 0.29) is 0 Å². The number of thiophene rings is 3. The quantitative estimate of drug-likeness (QED) is 0.120. The highest BCUT2D eigenvalue weighted by molar-refractivity contribution is 7.27. The third kappa shape index (κ3) is 12.6. The van der Waals surface area contributed by atoms with E-state index in [1.807, 2.05) is 70.4 Å². The maximum atomic E-state index is 6.37. The van der Waals surface area contributed by atoms with Crippen LogP contribution < -0.4 is 0 Å². The Morgan fingerprint density at radius 3 is 1.15 bits per heavy atom. The van der Waals surface area contributed by atoms with Gasteiger partial charge in [0.15, 0.2) is 11.6 Å². The van der Waals surface area contributed by atoms with Crippen molar-refractivity contribution in [3.63, 3.8) is 0 Å². The molecule has 0 unspecified atom stereocenters. The molecule has 24 rings (SSSR count). The van der Waals surface area contributed by atoms with Gasteiger partial charge in [0, 0.05) is 123 Å². The van der Waals surface area contributed by atoms with E-state index in [1.54, 1.807) is 0 Å². The lowest BCUT2D eigenvalue weighted by atomic mass is 9.97. The van der Waals surface area contributed by atoms with Crippen LogP contribution in [0.3, 0.4) is 0 Å². The predicted molar refractivity (Wildman–Crippen MR) is 506 cm³/mol. The molecule has 0 fully saturated rings. The monoisotopic (exact) mass is 1580 g/mol. The van der Waals surface area contributed by atoms with Crippen LogP contribution in [0.1, 0.15) is 0 Å². The molecule has 0 aliphatic heterocycles. The van der Waals surface area contributed by atoms with Crippen molar-refractivity contribution in [2.24, 2.45) is 0 Å². The Morgan fingerprint density at radius 2 is 0.558 bits per heavy atom. The van der Waals surface area contributed by atoms with Gasteiger partial charge in [-0.3, -0.25) is 0 Å². The Labute approximate surface area is 702 Å². The number of rotatable bonds is 12. The molecule has 8 heterocycles. The lowest BCUT2D eigenvalue weighted by Gasteiger charge is -2.12. The first-order chi connectivity index (χ1) is 59.4. The Bertz CT molecular complexity index is 8130. The van der Waals surface area contributed by atoms with E-state index in [4.69, 9.17) is 34.3 Å². The molecule has 7 nitrogen and oxygen atoms in total. The van der Waals surface area contributed by atoms with Gasteiger partial charge in [-0.2, -0.15) is 0 Å². The Morgan fingerprint density at radius 1 is 0.192 bits per heavy atom. The maximum Gasteiger partial charge on any atom is 0.160 e. The fourth-order valence-corrected chi connectivity index (χ4v) is 20.8. The van der Waals surface area contributed by atoms with Crippen molar-refractivity contribution in [2.75, 3.05) is 0 Å². The van der Waals surface area contributed by atoms with Gasteiger partial charge in [0.25, 0.3) is 0 Å². The molecular weight excluding hydrogens is 1520 g/mol. The van der Waals surface area contributed by atoms with Crippen LogP contribution in [0.25, 0.3) is 239 Å². The minimum Gasteiger partial charge on any atom is -0.455 e. The summed E-state index contributed by atoms with van der Waals surface area (Å²) in [6, 6.07) is 141. The number of hydrogen-bond acceptors (Lipinski definition) is 10. The number of hydrogen-bond donors (Lipinski definition) is 0. The first-order valence-electron chi connectivity index (χ1n) is 40.2. The summed E-state index contributed by atoms with van der Waals surface area (Å²) in [4.78, 5) is 31.7. The third-order valence-corrected chi connectivity index (χ3v) is 26.6. The van der Waals surface area contributed by atoms with Gasteiger partial charge in [0.2, 0.25) is 0 Å². The second-order valence-electron chi connectivity index (χ2n) is 30.3. The van der Waals surface area contributed by atoms with Crippen molar-refractivity contribution in [2.45, 2.75) is 0 Å². The smallest absolute Gasteiger partial charge is 0.160 e. The van der Waals surface area contributed by atoms with Crippen LogP contribution in [0.4, 0.5) is 0 Å². The summed E-state index contributed by atoms with van der Waals surface area (Å²) in [5, 5.41) is 12.1. The molecule has 0 atom stereocenters. The van der Waals surface area contributed by atoms with E-state index in [1.165, 1.54) is 99.3 Å². The molecule has 0 bridgehead atoms. The van der Waals surface area contributed by atoms with Crippen LogP contribution in [-0.4, -0.2) is 29.9 Å². The fourth-order valence-electron chi connectivity index (χ4n) is 17.1. The average molecular weight is 1580 g/mol. The normalized spacial score (nSPS) is 11.7. The number of furan rings is 1. The summed E-state index contributed by atoms with van der Waals surface area (Å²) in [5.74, 6) is 1.35. The zero-order valence-corrected chi connectivity index (χ0v) is 66.9. The van der Waals surface area contributed by atoms with Gasteiger partial charge in [-0.25, -0.2) is 29.9 Å². The van der Waals surface area contributed by atoms with Crippen LogP contribution in [0.5, 0.6) is 0 Å². The van der Waals surface area contributed by atoms with Crippen molar-refractivity contribution >= 4 is 138 Å². The minimum atomic E-state index is 0.668. The second kappa shape index (κ2) is 29.6. The van der Waals surface area contributed by atoms with Gasteiger partial charge in [0.05, 0.1) is 54.6 Å². The molecule has 8 aromatic heterocycles. The highest BCUT2D eigenvalue weighted by Crippen LogP contribution is 2.48. The van der Waals surface area contributed by atoms with Gasteiger partial charge in [0.1, 0.15) is 11.2 Å². The van der Waals surface area contributed by atoms with Crippen molar-refractivity contribution in [1.29, 1.82) is 0 Å². The lowest BCUT2D eigenvalue weighted by Crippen LogP contribution is -1.96. The van der Waals surface area contributed by atoms with Gasteiger partial charge >= 0.3 is 0 Å². The number of benzene rings is 16. The molecule has 560 valence electrons. The topological polar surface area (TPSA) is 90.5 Å². The second-order valence-corrected chi connectivity index (χ2v) is 33.4. The summed E-state index contributed by atoms with van der Waals surface area (Å²) in [6.45, 7) is 0. The number of pyridine rings is 2. The third-order valence-electron chi connectivity index (χ3n) is 23.0. The van der Waals surface area contributed by atoms with Crippen LogP contribution in [0.15, 0.2) is 405 Å². The van der Waals surface area contributed by atoms with Crippen molar-refractivity contribution in [1.82, 2.24) is 29.9 Å². The number of nitrogens with zero attached hydrogens (tertiary/aromatic N) is 6. The van der Waals surface area contributed by atoms with Crippen LogP contribution in [-0.2, 0) is 0 Å². The summed E-state index contributed by atoms with van der Waals surface area (Å²) >= 11 is 5.44. The van der Waals surface area contributed by atoms with Crippen LogP contribution in [0, 0.1) is 0 Å². The van der Waals surface area contributed by atoms with Gasteiger partial charge in [-0.1, -0.05) is 334 Å². The van der Waals surface area contributed by atoms with Crippen molar-refractivity contribution in [3.05, 3.63) is 400 Å². The standard InChI is InChI=1S/C55H33N3OS.C55H33N3S2/c1-3-12-34(13-4-1)40-30-31-46-45(32-40)51-44-17-8-10-21-50(44)60-54(51)52(56-46)38-26-28-39(29-27-38)55-57-47(36-14-5-2-6-15-36)33-48(58-55)37-24-22-35(23-25-37)41-18-11-19-43-42-16-7-9-20-49(42)59-53(41)43;1-3-13-34(14-4-1)35-25-27-36(28-26-35)38-29-30-46-45(32-38)51-44-20-8-10-24-50(44)60-54(51)52(56-46)39-17-11-18-40(31-39)55-57-47(37-15-5-2-6-16-37)33-48(58-55)43-22-12-21-42-41-19-7-9-23-49(41)59-53(42)43/h2*1-33H. The Kier molecular flexibility index (Phi) is 17.4. The highest BCUT2D eigenvalue weighted by Gasteiger charge is 2.23. The molecule has 24 aromatic rings. The number of para-hydroxylation sites is 2. The zero-order valence-electron chi connectivity index (χ0n) is 64.4. The van der Waals surface area contributed by atoms with Gasteiger partial charge in [-0.15, -0.1) is 34.0 Å². The molecule has 0 spiro atoms. The molecule has 0 saturated carbocycles. The molecular formula is C110H66N6OS3. The SMILES string of the molecule is c1ccc(-c2ccc(-c3ccc4nc(-c5cccc(-c6nc(-c7ccccc7)cc(-c7cccc8c7sc7ccccc78)n6)c5)c5sc6ccccc6c5c4c3)cc2)cc1.c1ccc(-c2ccc3nc(-c4ccc(-c5nc(-c6ccccc6)cc(-c6ccc(-c7cccc8c7oc7ccccc78)cc6)n5)cc4)c4sc5ccccc5c4c3c2)cc1. The summed E-state index contributed by atoms with van der Waals surface area (Å²) in [5.41, 5.74) is 26.7. The molecule has 10 heteroatoms. The predicted octanol–water partition coefficient (Wildman–Crippen LogP) is 31.1. The van der Waals surface area contributed by atoms with E-state index in [0.29, 0.717) is 11.6 Å². The molecule has 120 heavy (non-hydrogen) atoms. The van der Waals surface area contributed by atoms with Gasteiger partial charge < -0.3 is 4.42 Å². The lowest BCUT2D eigenvalue weighted by molar-refractivity contribution is 0.670. The minimum absolute atomic E-state index is 0.668. The van der Waals surface area contributed by atoms with Crippen LogP contribution >= 0.6 is 34.0 Å². The van der Waals surface area contributed by atoms with Gasteiger partial charge in [-0.05, 0) is 106 Å². The number of aromatic nitrogens is 6. The molecule has 0 amide bonds. The van der Waals surface area contributed by atoms with E-state index in [9.17, 15) is 0 Å². The van der Waals surface area contributed by atoms with E-state index < -0.39 is 0 Å². The molecule has 0 aliphatic carbocycles. The molecule has 0 aliphatic rings. The van der Waals surface area contributed by atoms with Crippen molar-refractivity contribution in [3.8, 4) is 135 Å². The molecule has 0 radical (unpaired) electrons. The largest absolute Gasteiger partial charge is 0.455 e. The summed E-state index contributed by atoms with van der Waals surface area (Å²) in [7, 11) is 0. The summed E-state index contributed by atoms with van der Waals surface area (Å²) < 4.78 is 13.7. The first kappa shape index (κ1) is 70.4. The van der Waals surface area contributed by atoms with E-state index >= 15 is 0 Å². The number of fused-ring (bicyclic) bond motifs is 16. The highest BCUT2D eigenvalue weighted by atomic mass is 32.1. The Hall–Kier alpha value is -15.0. The maximum absolute atomic E-state index is 6.37. The van der Waals surface area contributed by atoms with Crippen molar-refractivity contribution < 1.29 is 4.42 Å². The summed E-state index contributed by atoms with van der Waals surface area (Å²) in [6.07, 6.45) is 0. The Balaban J connectivity index is 0.000000140. The first-order valence-corrected chi connectivity index (χ1v) is 42.6. The molecule has 0 saturated heterocycles. The average Bonchev–Trinajstić information content (AvgIpc) is 1.26. The van der Waals surface area contributed by atoms with Crippen LogP contribution in [0.2, 0.25) is 0 Å². The molecule has 0 N–H and O–H groups in total. The zero-order chi connectivity index (χ0) is 79.1. The molecule has 16 aromatic carbocycles. The van der Waals surface area contributed by atoms with E-state index in [0.717, 1.165) is 128 Å². The fraction of sp³-hybridized carbons (Fsp3) is 0.